The van der Waals surface area contributed by atoms with Crippen molar-refractivity contribution in [2.24, 2.45) is 0 Å². The number of amides is 2. The molecular formula is C17H9Cl3N6O2S. The minimum atomic E-state index is -0.568. The maximum Gasteiger partial charge on any atom is 0.281 e. The molecule has 146 valence electrons. The van der Waals surface area contributed by atoms with Gasteiger partial charge in [0.2, 0.25) is 0 Å². The highest BCUT2D eigenvalue weighted by atomic mass is 35.5. The summed E-state index contributed by atoms with van der Waals surface area (Å²) in [6.45, 7) is 0. The Balaban J connectivity index is 1.47. The lowest BCUT2D eigenvalue weighted by Gasteiger charge is -2.07. The van der Waals surface area contributed by atoms with E-state index >= 15 is 0 Å². The maximum atomic E-state index is 12.5. The van der Waals surface area contributed by atoms with Crippen LogP contribution in [0.2, 0.25) is 15.1 Å². The Morgan fingerprint density at radius 3 is 2.41 bits per heavy atom. The van der Waals surface area contributed by atoms with Gasteiger partial charge in [-0.3, -0.25) is 20.4 Å². The van der Waals surface area contributed by atoms with Crippen molar-refractivity contribution in [3.05, 3.63) is 68.2 Å². The van der Waals surface area contributed by atoms with Gasteiger partial charge in [-0.05, 0) is 46.8 Å². The Morgan fingerprint density at radius 2 is 1.72 bits per heavy atom. The van der Waals surface area contributed by atoms with Gasteiger partial charge in [0.15, 0.2) is 0 Å². The van der Waals surface area contributed by atoms with Crippen LogP contribution in [-0.4, -0.2) is 32.0 Å². The van der Waals surface area contributed by atoms with Gasteiger partial charge in [-0.2, -0.15) is 0 Å². The summed E-state index contributed by atoms with van der Waals surface area (Å²) in [6, 6.07) is 9.70. The topological polar surface area (TPSA) is 102 Å². The normalized spacial score (nSPS) is 10.9. The van der Waals surface area contributed by atoms with Crippen LogP contribution >= 0.6 is 46.1 Å². The molecule has 4 aromatic rings. The number of rotatable bonds is 3. The number of nitrogens with zero attached hydrogens (tertiary/aromatic N) is 4. The highest BCUT2D eigenvalue weighted by Gasteiger charge is 2.20. The van der Waals surface area contributed by atoms with Crippen LogP contribution in [0.1, 0.15) is 20.0 Å². The molecule has 0 saturated carbocycles. The van der Waals surface area contributed by atoms with Gasteiger partial charge in [0, 0.05) is 20.7 Å². The molecule has 2 N–H and O–H groups in total. The molecule has 2 aromatic heterocycles. The summed E-state index contributed by atoms with van der Waals surface area (Å²) < 4.78 is 2.12. The molecule has 2 amide bonds. The van der Waals surface area contributed by atoms with Gasteiger partial charge in [0.1, 0.15) is 11.2 Å². The molecule has 12 heteroatoms. The number of carbonyl (C=O) groups excluding carboxylic acids is 2. The SMILES string of the molecule is O=C(NNC(=O)c1sc2cc(Cl)cc(Cl)c2c1Cl)c1ccc(-n2cnnn2)cc1. The highest BCUT2D eigenvalue weighted by molar-refractivity contribution is 7.21. The Kier molecular flexibility index (Phi) is 5.37. The van der Waals surface area contributed by atoms with E-state index in [2.05, 4.69) is 26.4 Å². The second-order valence-electron chi connectivity index (χ2n) is 5.72. The number of hydrogen-bond acceptors (Lipinski definition) is 6. The lowest BCUT2D eigenvalue weighted by Crippen LogP contribution is -2.41. The number of fused-ring (bicyclic) bond motifs is 1. The largest absolute Gasteiger partial charge is 0.281 e. The third kappa shape index (κ3) is 3.90. The van der Waals surface area contributed by atoms with E-state index in [-0.39, 0.29) is 9.90 Å². The van der Waals surface area contributed by atoms with E-state index < -0.39 is 11.8 Å². The average molecular weight is 468 g/mol. The molecule has 0 aliphatic rings. The van der Waals surface area contributed by atoms with Crippen LogP contribution < -0.4 is 10.9 Å². The fourth-order valence-corrected chi connectivity index (χ4v) is 4.82. The van der Waals surface area contributed by atoms with Crippen molar-refractivity contribution in [3.8, 4) is 5.69 Å². The summed E-state index contributed by atoms with van der Waals surface area (Å²) in [5, 5.41) is 12.4. The van der Waals surface area contributed by atoms with Gasteiger partial charge in [-0.1, -0.05) is 34.8 Å². The number of benzene rings is 2. The van der Waals surface area contributed by atoms with Crippen molar-refractivity contribution >= 4 is 68.0 Å². The van der Waals surface area contributed by atoms with Crippen molar-refractivity contribution in [3.63, 3.8) is 0 Å². The standard InChI is InChI=1S/C17H9Cl3N6O2S/c18-9-5-11(19)13-12(6-9)29-15(14(13)20)17(28)23-22-16(27)8-1-3-10(4-2-8)26-7-21-24-25-26/h1-7H,(H,22,27)(H,23,28). The average Bonchev–Trinajstić information content (AvgIpc) is 3.34. The molecule has 0 unspecified atom stereocenters. The summed E-state index contributed by atoms with van der Waals surface area (Å²) >= 11 is 19.6. The zero-order valence-corrected chi connectivity index (χ0v) is 17.3. The van der Waals surface area contributed by atoms with E-state index in [1.807, 2.05) is 0 Å². The molecule has 0 spiro atoms. The number of thiophene rings is 1. The predicted molar refractivity (Wildman–Crippen MR) is 111 cm³/mol. The van der Waals surface area contributed by atoms with Gasteiger partial charge in [-0.15, -0.1) is 16.4 Å². The Labute approximate surface area is 182 Å². The molecule has 8 nitrogen and oxygen atoms in total. The van der Waals surface area contributed by atoms with E-state index in [0.717, 1.165) is 11.3 Å². The third-order valence-corrected chi connectivity index (χ3v) is 6.03. The quantitative estimate of drug-likeness (QED) is 0.445. The van der Waals surface area contributed by atoms with Gasteiger partial charge in [0.05, 0.1) is 15.7 Å². The second-order valence-corrected chi connectivity index (χ2v) is 7.99. The molecule has 0 aliphatic carbocycles. The predicted octanol–water partition coefficient (Wildman–Crippen LogP) is 3.91. The number of hydrazine groups is 1. The number of aromatic nitrogens is 4. The molecule has 29 heavy (non-hydrogen) atoms. The van der Waals surface area contributed by atoms with Gasteiger partial charge in [-0.25, -0.2) is 4.68 Å². The van der Waals surface area contributed by atoms with Crippen molar-refractivity contribution in [1.82, 2.24) is 31.1 Å². The van der Waals surface area contributed by atoms with Crippen LogP contribution in [0, 0.1) is 0 Å². The van der Waals surface area contributed by atoms with Crippen molar-refractivity contribution in [1.29, 1.82) is 0 Å². The van der Waals surface area contributed by atoms with Gasteiger partial charge < -0.3 is 0 Å². The zero-order valence-electron chi connectivity index (χ0n) is 14.2. The first kappa shape index (κ1) is 19.6. The first-order chi connectivity index (χ1) is 13.9. The molecule has 0 radical (unpaired) electrons. The highest BCUT2D eigenvalue weighted by Crippen LogP contribution is 2.41. The summed E-state index contributed by atoms with van der Waals surface area (Å²) in [6.07, 6.45) is 1.43. The number of tetrazole rings is 1. The van der Waals surface area contributed by atoms with Crippen LogP contribution in [0.15, 0.2) is 42.7 Å². The fraction of sp³-hybridized carbons (Fsp3) is 0. The molecular weight excluding hydrogens is 459 g/mol. The van der Waals surface area contributed by atoms with Crippen LogP contribution in [0.5, 0.6) is 0 Å². The Morgan fingerprint density at radius 1 is 1.00 bits per heavy atom. The summed E-state index contributed by atoms with van der Waals surface area (Å²) in [5.41, 5.74) is 5.72. The minimum Gasteiger partial charge on any atom is -0.267 e. The maximum absolute atomic E-state index is 12.5. The third-order valence-electron chi connectivity index (χ3n) is 3.89. The zero-order chi connectivity index (χ0) is 20.5. The van der Waals surface area contributed by atoms with Crippen LogP contribution in [0.25, 0.3) is 15.8 Å². The molecule has 0 saturated heterocycles. The van der Waals surface area contributed by atoms with Gasteiger partial charge >= 0.3 is 0 Å². The number of nitrogens with one attached hydrogen (secondary N) is 2. The lowest BCUT2D eigenvalue weighted by atomic mass is 10.2. The molecule has 0 aliphatic heterocycles. The van der Waals surface area contributed by atoms with Crippen molar-refractivity contribution < 1.29 is 9.59 Å². The van der Waals surface area contributed by atoms with E-state index in [9.17, 15) is 9.59 Å². The van der Waals surface area contributed by atoms with E-state index in [0.29, 0.717) is 31.4 Å². The van der Waals surface area contributed by atoms with Gasteiger partial charge in [0.25, 0.3) is 11.8 Å². The first-order valence-electron chi connectivity index (χ1n) is 7.95. The summed E-state index contributed by atoms with van der Waals surface area (Å²) in [7, 11) is 0. The Hall–Kier alpha value is -2.72. The number of carbonyl (C=O) groups is 2. The van der Waals surface area contributed by atoms with Crippen molar-refractivity contribution in [2.45, 2.75) is 0 Å². The van der Waals surface area contributed by atoms with Crippen LogP contribution in [-0.2, 0) is 0 Å². The molecule has 4 rings (SSSR count). The molecule has 0 bridgehead atoms. The minimum absolute atomic E-state index is 0.198. The second kappa shape index (κ2) is 7.96. The smallest absolute Gasteiger partial charge is 0.267 e. The Bertz CT molecular complexity index is 1220. The number of hydrogen-bond donors (Lipinski definition) is 2. The fourth-order valence-electron chi connectivity index (χ4n) is 2.55. The van der Waals surface area contributed by atoms with E-state index in [1.54, 1.807) is 36.4 Å². The van der Waals surface area contributed by atoms with E-state index in [4.69, 9.17) is 34.8 Å². The van der Waals surface area contributed by atoms with Crippen LogP contribution in [0.4, 0.5) is 0 Å². The summed E-state index contributed by atoms with van der Waals surface area (Å²) in [5.74, 6) is -1.07. The molecule has 0 atom stereocenters. The molecule has 2 aromatic carbocycles. The lowest BCUT2D eigenvalue weighted by molar-refractivity contribution is 0.0849. The monoisotopic (exact) mass is 466 g/mol. The first-order valence-corrected chi connectivity index (χ1v) is 9.90. The van der Waals surface area contributed by atoms with Crippen molar-refractivity contribution in [2.75, 3.05) is 0 Å². The number of halogens is 3. The molecule has 0 fully saturated rings. The molecule has 2 heterocycles. The summed E-state index contributed by atoms with van der Waals surface area (Å²) in [4.78, 5) is 25.0. The van der Waals surface area contributed by atoms with E-state index in [1.165, 1.54) is 11.0 Å². The van der Waals surface area contributed by atoms with Crippen LogP contribution in [0.3, 0.4) is 0 Å².